The number of benzene rings is 2. The number of rotatable bonds is 3. The molecule has 0 bridgehead atoms. The predicted octanol–water partition coefficient (Wildman–Crippen LogP) is 4.32. The molecule has 1 aliphatic rings. The highest BCUT2D eigenvalue weighted by molar-refractivity contribution is 5.92. The molecule has 0 spiro atoms. The van der Waals surface area contributed by atoms with Crippen molar-refractivity contribution in [1.29, 1.82) is 0 Å². The monoisotopic (exact) mass is 280 g/mol. The number of methoxy groups -OCH3 is 1. The molecule has 0 aromatic heterocycles. The summed E-state index contributed by atoms with van der Waals surface area (Å²) in [5.74, 6) is 1.26. The van der Waals surface area contributed by atoms with Crippen LogP contribution in [-0.2, 0) is 4.79 Å². The standard InChI is InChI=1S/C19H20O2/c1-21-16-12-10-15(11-13-16)18-9-5-8-17(19(18)20)14-6-3-2-4-7-14/h2-4,6-7,10-13,17-18H,5,8-9H2,1H3/t17-,18+/m0/s1. The maximum Gasteiger partial charge on any atom is 0.147 e. The summed E-state index contributed by atoms with van der Waals surface area (Å²) in [6.45, 7) is 0. The highest BCUT2D eigenvalue weighted by Gasteiger charge is 2.32. The van der Waals surface area contributed by atoms with E-state index in [4.69, 9.17) is 4.74 Å². The third kappa shape index (κ3) is 2.85. The molecule has 0 aliphatic heterocycles. The van der Waals surface area contributed by atoms with Crippen LogP contribution in [0.1, 0.15) is 42.2 Å². The van der Waals surface area contributed by atoms with E-state index < -0.39 is 0 Å². The lowest BCUT2D eigenvalue weighted by Gasteiger charge is -2.28. The van der Waals surface area contributed by atoms with E-state index >= 15 is 0 Å². The Labute approximate surface area is 125 Å². The lowest BCUT2D eigenvalue weighted by atomic mass is 9.74. The molecule has 3 rings (SSSR count). The van der Waals surface area contributed by atoms with E-state index in [1.54, 1.807) is 7.11 Å². The van der Waals surface area contributed by atoms with E-state index in [1.807, 2.05) is 42.5 Å². The summed E-state index contributed by atoms with van der Waals surface area (Å²) in [5.41, 5.74) is 2.27. The molecule has 1 fully saturated rings. The highest BCUT2D eigenvalue weighted by atomic mass is 16.5. The second-order valence-electron chi connectivity index (χ2n) is 5.62. The Morgan fingerprint density at radius 1 is 0.857 bits per heavy atom. The minimum atomic E-state index is 0.0230. The number of ketones is 1. The van der Waals surface area contributed by atoms with Gasteiger partial charge in [-0.1, -0.05) is 48.9 Å². The van der Waals surface area contributed by atoms with Crippen LogP contribution in [0.2, 0.25) is 0 Å². The lowest BCUT2D eigenvalue weighted by molar-refractivity contribution is -0.123. The van der Waals surface area contributed by atoms with Crippen LogP contribution < -0.4 is 4.74 Å². The summed E-state index contributed by atoms with van der Waals surface area (Å²) < 4.78 is 5.19. The van der Waals surface area contributed by atoms with Crippen LogP contribution in [0.25, 0.3) is 0 Å². The van der Waals surface area contributed by atoms with Crippen LogP contribution in [0.3, 0.4) is 0 Å². The topological polar surface area (TPSA) is 26.3 Å². The normalized spacial score (nSPS) is 22.0. The number of carbonyl (C=O) groups is 1. The Kier molecular flexibility index (Phi) is 4.05. The third-order valence-corrected chi connectivity index (χ3v) is 4.39. The fraction of sp³-hybridized carbons (Fsp3) is 0.316. The lowest BCUT2D eigenvalue weighted by Crippen LogP contribution is -2.25. The summed E-state index contributed by atoms with van der Waals surface area (Å²) in [6.07, 6.45) is 3.02. The first-order valence-corrected chi connectivity index (χ1v) is 7.52. The molecule has 2 aromatic rings. The summed E-state index contributed by atoms with van der Waals surface area (Å²) in [6, 6.07) is 18.1. The average molecular weight is 280 g/mol. The van der Waals surface area contributed by atoms with Crippen LogP contribution in [-0.4, -0.2) is 12.9 Å². The zero-order valence-electron chi connectivity index (χ0n) is 12.3. The van der Waals surface area contributed by atoms with E-state index in [2.05, 4.69) is 12.1 Å². The molecule has 21 heavy (non-hydrogen) atoms. The minimum Gasteiger partial charge on any atom is -0.497 e. The fourth-order valence-electron chi connectivity index (χ4n) is 3.24. The van der Waals surface area contributed by atoms with Gasteiger partial charge in [-0.15, -0.1) is 0 Å². The molecule has 0 amide bonds. The molecule has 108 valence electrons. The van der Waals surface area contributed by atoms with Crippen molar-refractivity contribution >= 4 is 5.78 Å². The van der Waals surface area contributed by atoms with Gasteiger partial charge in [0.05, 0.1) is 7.11 Å². The second kappa shape index (κ2) is 6.13. The molecule has 0 radical (unpaired) electrons. The molecular weight excluding hydrogens is 260 g/mol. The smallest absolute Gasteiger partial charge is 0.147 e. The van der Waals surface area contributed by atoms with Crippen LogP contribution in [0.4, 0.5) is 0 Å². The van der Waals surface area contributed by atoms with Crippen LogP contribution >= 0.6 is 0 Å². The Balaban J connectivity index is 1.84. The van der Waals surface area contributed by atoms with Crippen molar-refractivity contribution < 1.29 is 9.53 Å². The van der Waals surface area contributed by atoms with Crippen molar-refractivity contribution in [2.24, 2.45) is 0 Å². The van der Waals surface area contributed by atoms with Crippen molar-refractivity contribution in [1.82, 2.24) is 0 Å². The van der Waals surface area contributed by atoms with E-state index in [-0.39, 0.29) is 11.8 Å². The summed E-state index contributed by atoms with van der Waals surface area (Å²) in [4.78, 5) is 12.8. The van der Waals surface area contributed by atoms with Gasteiger partial charge < -0.3 is 4.74 Å². The van der Waals surface area contributed by atoms with Gasteiger partial charge in [-0.2, -0.15) is 0 Å². The van der Waals surface area contributed by atoms with E-state index in [0.29, 0.717) is 5.78 Å². The zero-order chi connectivity index (χ0) is 14.7. The maximum atomic E-state index is 12.8. The first-order valence-electron chi connectivity index (χ1n) is 7.52. The van der Waals surface area contributed by atoms with Gasteiger partial charge in [0.25, 0.3) is 0 Å². The molecule has 1 saturated carbocycles. The number of carbonyl (C=O) groups excluding carboxylic acids is 1. The molecule has 0 heterocycles. The van der Waals surface area contributed by atoms with Gasteiger partial charge in [0.15, 0.2) is 0 Å². The van der Waals surface area contributed by atoms with Gasteiger partial charge in [-0.3, -0.25) is 4.79 Å². The third-order valence-electron chi connectivity index (χ3n) is 4.39. The highest BCUT2D eigenvalue weighted by Crippen LogP contribution is 2.38. The number of ether oxygens (including phenoxy) is 1. The first-order chi connectivity index (χ1) is 10.3. The largest absolute Gasteiger partial charge is 0.497 e. The van der Waals surface area contributed by atoms with Crippen LogP contribution in [0.15, 0.2) is 54.6 Å². The molecule has 2 nitrogen and oxygen atoms in total. The maximum absolute atomic E-state index is 12.8. The van der Waals surface area contributed by atoms with Crippen LogP contribution in [0.5, 0.6) is 5.75 Å². The zero-order valence-corrected chi connectivity index (χ0v) is 12.3. The Morgan fingerprint density at radius 3 is 2.00 bits per heavy atom. The van der Waals surface area contributed by atoms with E-state index in [1.165, 1.54) is 0 Å². The predicted molar refractivity (Wildman–Crippen MR) is 83.8 cm³/mol. The van der Waals surface area contributed by atoms with Crippen molar-refractivity contribution in [2.45, 2.75) is 31.1 Å². The van der Waals surface area contributed by atoms with E-state index in [0.717, 1.165) is 36.1 Å². The van der Waals surface area contributed by atoms with Gasteiger partial charge >= 0.3 is 0 Å². The molecule has 2 atom stereocenters. The van der Waals surface area contributed by atoms with Crippen LogP contribution in [0, 0.1) is 0 Å². The van der Waals surface area contributed by atoms with Crippen molar-refractivity contribution in [3.8, 4) is 5.75 Å². The van der Waals surface area contributed by atoms with Crippen molar-refractivity contribution in [2.75, 3.05) is 7.11 Å². The number of hydrogen-bond acceptors (Lipinski definition) is 2. The van der Waals surface area contributed by atoms with Crippen molar-refractivity contribution in [3.63, 3.8) is 0 Å². The molecule has 0 unspecified atom stereocenters. The van der Waals surface area contributed by atoms with E-state index in [9.17, 15) is 4.79 Å². The van der Waals surface area contributed by atoms with Crippen molar-refractivity contribution in [3.05, 3.63) is 65.7 Å². The average Bonchev–Trinajstić information content (AvgIpc) is 2.56. The molecule has 0 saturated heterocycles. The number of Topliss-reactive ketones (excluding diaryl/α,β-unsaturated/α-hetero) is 1. The second-order valence-corrected chi connectivity index (χ2v) is 5.62. The fourth-order valence-corrected chi connectivity index (χ4v) is 3.24. The Hall–Kier alpha value is -2.09. The summed E-state index contributed by atoms with van der Waals surface area (Å²) >= 11 is 0. The quantitative estimate of drug-likeness (QED) is 0.837. The van der Waals surface area contributed by atoms with Gasteiger partial charge in [-0.05, 0) is 36.1 Å². The minimum absolute atomic E-state index is 0.0230. The van der Waals surface area contributed by atoms with Gasteiger partial charge in [0.2, 0.25) is 0 Å². The molecular formula is C19H20O2. The SMILES string of the molecule is COc1ccc([C@H]2CCC[C@@H](c3ccccc3)C2=O)cc1. The Morgan fingerprint density at radius 2 is 1.43 bits per heavy atom. The number of hydrogen-bond donors (Lipinski definition) is 0. The molecule has 2 heteroatoms. The summed E-state index contributed by atoms with van der Waals surface area (Å²) in [7, 11) is 1.66. The first kappa shape index (κ1) is 13.9. The van der Waals surface area contributed by atoms with Gasteiger partial charge in [0, 0.05) is 11.8 Å². The van der Waals surface area contributed by atoms with Gasteiger partial charge in [0.1, 0.15) is 11.5 Å². The molecule has 0 N–H and O–H groups in total. The van der Waals surface area contributed by atoms with Gasteiger partial charge in [-0.25, -0.2) is 0 Å². The molecule has 1 aliphatic carbocycles. The summed E-state index contributed by atoms with van der Waals surface area (Å²) in [5, 5.41) is 0. The molecule has 2 aromatic carbocycles. The Bertz CT molecular complexity index is 601.